The van der Waals surface area contributed by atoms with Crippen molar-refractivity contribution in [1.29, 1.82) is 0 Å². The minimum atomic E-state index is -0.758. The number of aryl methyl sites for hydroxylation is 2. The van der Waals surface area contributed by atoms with E-state index in [4.69, 9.17) is 0 Å². The number of halogens is 1. The highest BCUT2D eigenvalue weighted by molar-refractivity contribution is 9.10. The molecular weight excluding hydrogens is 422 g/mol. The van der Waals surface area contributed by atoms with Crippen LogP contribution in [0.3, 0.4) is 0 Å². The molecule has 4 amide bonds. The zero-order valence-corrected chi connectivity index (χ0v) is 16.8. The molecule has 7 heteroatoms. The van der Waals surface area contributed by atoms with E-state index >= 15 is 0 Å². The molecule has 1 fully saturated rings. The summed E-state index contributed by atoms with van der Waals surface area (Å²) in [7, 11) is 1.90. The van der Waals surface area contributed by atoms with E-state index in [1.165, 1.54) is 6.08 Å². The summed E-state index contributed by atoms with van der Waals surface area (Å²) in [5, 5.41) is 3.18. The van der Waals surface area contributed by atoms with Crippen molar-refractivity contribution in [3.05, 3.63) is 69.8 Å². The summed E-state index contributed by atoms with van der Waals surface area (Å²) in [6.45, 7) is 1.86. The second-order valence-corrected chi connectivity index (χ2v) is 7.46. The zero-order chi connectivity index (χ0) is 20.0. The van der Waals surface area contributed by atoms with Crippen molar-refractivity contribution in [2.75, 3.05) is 4.90 Å². The second kappa shape index (κ2) is 6.76. The number of hydrogen-bond donors (Lipinski definition) is 1. The van der Waals surface area contributed by atoms with Crippen molar-refractivity contribution in [3.8, 4) is 0 Å². The number of para-hydroxylation sites is 1. The molecule has 0 atom stereocenters. The molecular formula is C21H16BrN3O3. The average Bonchev–Trinajstić information content (AvgIpc) is 2.97. The van der Waals surface area contributed by atoms with Gasteiger partial charge in [-0.3, -0.25) is 14.9 Å². The number of barbiturate groups is 1. The number of anilines is 1. The van der Waals surface area contributed by atoms with E-state index < -0.39 is 17.8 Å². The first-order chi connectivity index (χ1) is 13.4. The average molecular weight is 438 g/mol. The molecule has 140 valence electrons. The second-order valence-electron chi connectivity index (χ2n) is 6.60. The summed E-state index contributed by atoms with van der Waals surface area (Å²) in [6, 6.07) is 12.1. The SMILES string of the molecule is Cc1cc(N2C(=O)NC(=O)C(=Cc3cn(C)c4ccccc34)C2=O)ccc1Br. The highest BCUT2D eigenvalue weighted by Gasteiger charge is 2.37. The number of fused-ring (bicyclic) bond motifs is 1. The van der Waals surface area contributed by atoms with Gasteiger partial charge in [0.1, 0.15) is 5.57 Å². The molecule has 0 radical (unpaired) electrons. The van der Waals surface area contributed by atoms with Crippen LogP contribution < -0.4 is 10.2 Å². The number of rotatable bonds is 2. The monoisotopic (exact) mass is 437 g/mol. The molecule has 1 aliphatic heterocycles. The Bertz CT molecular complexity index is 1190. The number of imide groups is 2. The van der Waals surface area contributed by atoms with Crippen molar-refractivity contribution >= 4 is 56.4 Å². The number of amides is 4. The van der Waals surface area contributed by atoms with Gasteiger partial charge in [-0.1, -0.05) is 34.1 Å². The largest absolute Gasteiger partial charge is 0.350 e. The van der Waals surface area contributed by atoms with Crippen LogP contribution in [0.2, 0.25) is 0 Å². The van der Waals surface area contributed by atoms with Crippen LogP contribution in [0.1, 0.15) is 11.1 Å². The minimum absolute atomic E-state index is 0.0866. The number of aromatic nitrogens is 1. The number of urea groups is 1. The molecule has 2 aromatic carbocycles. The fourth-order valence-corrected chi connectivity index (χ4v) is 3.55. The van der Waals surface area contributed by atoms with Gasteiger partial charge in [0.2, 0.25) is 0 Å². The highest BCUT2D eigenvalue weighted by atomic mass is 79.9. The quantitative estimate of drug-likeness (QED) is 0.487. The maximum atomic E-state index is 13.0. The van der Waals surface area contributed by atoms with Crippen molar-refractivity contribution in [2.24, 2.45) is 7.05 Å². The molecule has 4 rings (SSSR count). The van der Waals surface area contributed by atoms with Crippen LogP contribution in [0.25, 0.3) is 17.0 Å². The molecule has 1 aromatic heterocycles. The lowest BCUT2D eigenvalue weighted by Crippen LogP contribution is -2.54. The standard InChI is InChI=1S/C21H16BrN3O3/c1-12-9-14(7-8-17(12)22)25-20(27)16(19(26)23-21(25)28)10-13-11-24(2)18-6-4-3-5-15(13)18/h3-11H,1-2H3,(H,23,26,28). The van der Waals surface area contributed by atoms with Crippen LogP contribution in [0.4, 0.5) is 10.5 Å². The molecule has 0 aliphatic carbocycles. The van der Waals surface area contributed by atoms with Gasteiger partial charge in [0.25, 0.3) is 11.8 Å². The number of hydrogen-bond acceptors (Lipinski definition) is 3. The predicted octanol–water partition coefficient (Wildman–Crippen LogP) is 3.92. The van der Waals surface area contributed by atoms with Crippen LogP contribution in [-0.4, -0.2) is 22.4 Å². The lowest BCUT2D eigenvalue weighted by molar-refractivity contribution is -0.122. The van der Waals surface area contributed by atoms with Gasteiger partial charge in [-0.05, 0) is 42.8 Å². The van der Waals surface area contributed by atoms with E-state index in [1.54, 1.807) is 18.2 Å². The Kier molecular flexibility index (Phi) is 4.39. The molecule has 28 heavy (non-hydrogen) atoms. The van der Waals surface area contributed by atoms with Crippen LogP contribution in [0.5, 0.6) is 0 Å². The summed E-state index contributed by atoms with van der Waals surface area (Å²) in [4.78, 5) is 38.8. The summed E-state index contributed by atoms with van der Waals surface area (Å²) >= 11 is 3.40. The Morgan fingerprint density at radius 3 is 2.57 bits per heavy atom. The Morgan fingerprint density at radius 1 is 1.07 bits per heavy atom. The Balaban J connectivity index is 1.81. The molecule has 3 aromatic rings. The van der Waals surface area contributed by atoms with Gasteiger partial charge in [-0.15, -0.1) is 0 Å². The van der Waals surface area contributed by atoms with E-state index in [0.29, 0.717) is 5.69 Å². The van der Waals surface area contributed by atoms with Gasteiger partial charge in [0.15, 0.2) is 0 Å². The zero-order valence-electron chi connectivity index (χ0n) is 15.2. The molecule has 0 unspecified atom stereocenters. The number of benzene rings is 2. The first-order valence-electron chi connectivity index (χ1n) is 8.58. The molecule has 6 nitrogen and oxygen atoms in total. The first-order valence-corrected chi connectivity index (χ1v) is 9.38. The van der Waals surface area contributed by atoms with Crippen LogP contribution in [0, 0.1) is 6.92 Å². The molecule has 2 heterocycles. The van der Waals surface area contributed by atoms with Gasteiger partial charge in [-0.25, -0.2) is 9.69 Å². The maximum absolute atomic E-state index is 13.0. The van der Waals surface area contributed by atoms with Gasteiger partial charge in [0.05, 0.1) is 5.69 Å². The van der Waals surface area contributed by atoms with Gasteiger partial charge in [-0.2, -0.15) is 0 Å². The highest BCUT2D eigenvalue weighted by Crippen LogP contribution is 2.28. The molecule has 1 aliphatic rings. The molecule has 0 spiro atoms. The minimum Gasteiger partial charge on any atom is -0.350 e. The number of carbonyl (C=O) groups is 3. The van der Waals surface area contributed by atoms with Crippen molar-refractivity contribution < 1.29 is 14.4 Å². The lowest BCUT2D eigenvalue weighted by Gasteiger charge is -2.26. The van der Waals surface area contributed by atoms with Crippen LogP contribution in [0.15, 0.2) is 58.7 Å². The third-order valence-electron chi connectivity index (χ3n) is 4.73. The van der Waals surface area contributed by atoms with E-state index in [1.807, 2.05) is 49.0 Å². The van der Waals surface area contributed by atoms with Gasteiger partial charge in [0, 0.05) is 34.2 Å². The van der Waals surface area contributed by atoms with E-state index in [2.05, 4.69) is 21.2 Å². The predicted molar refractivity (Wildman–Crippen MR) is 111 cm³/mol. The summed E-state index contributed by atoms with van der Waals surface area (Å²) in [6.07, 6.45) is 3.38. The lowest BCUT2D eigenvalue weighted by atomic mass is 10.1. The topological polar surface area (TPSA) is 71.4 Å². The van der Waals surface area contributed by atoms with Crippen molar-refractivity contribution in [1.82, 2.24) is 9.88 Å². The third-order valence-corrected chi connectivity index (χ3v) is 5.62. The first kappa shape index (κ1) is 18.2. The smallest absolute Gasteiger partial charge is 0.335 e. The fourth-order valence-electron chi connectivity index (χ4n) is 3.30. The van der Waals surface area contributed by atoms with Crippen molar-refractivity contribution in [3.63, 3.8) is 0 Å². The number of nitrogens with one attached hydrogen (secondary N) is 1. The summed E-state index contributed by atoms with van der Waals surface area (Å²) in [5.74, 6) is -1.35. The molecule has 1 N–H and O–H groups in total. The molecule has 0 saturated carbocycles. The van der Waals surface area contributed by atoms with Crippen LogP contribution >= 0.6 is 15.9 Å². The van der Waals surface area contributed by atoms with Gasteiger partial charge >= 0.3 is 6.03 Å². The molecule has 0 bridgehead atoms. The van der Waals surface area contributed by atoms with E-state index in [9.17, 15) is 14.4 Å². The normalized spacial score (nSPS) is 16.2. The van der Waals surface area contributed by atoms with Gasteiger partial charge < -0.3 is 4.57 Å². The van der Waals surface area contributed by atoms with E-state index in [-0.39, 0.29) is 5.57 Å². The summed E-state index contributed by atoms with van der Waals surface area (Å²) in [5.41, 5.74) is 2.90. The Hall–Kier alpha value is -3.19. The van der Waals surface area contributed by atoms with Crippen molar-refractivity contribution in [2.45, 2.75) is 6.92 Å². The maximum Gasteiger partial charge on any atom is 0.335 e. The van der Waals surface area contributed by atoms with Crippen LogP contribution in [-0.2, 0) is 16.6 Å². The fraction of sp³-hybridized carbons (Fsp3) is 0.0952. The Labute approximate surface area is 169 Å². The number of nitrogens with zero attached hydrogens (tertiary/aromatic N) is 2. The Morgan fingerprint density at radius 2 is 1.82 bits per heavy atom. The summed E-state index contributed by atoms with van der Waals surface area (Å²) < 4.78 is 2.79. The number of carbonyl (C=O) groups excluding carboxylic acids is 3. The molecule has 1 saturated heterocycles. The van der Waals surface area contributed by atoms with E-state index in [0.717, 1.165) is 31.4 Å². The third kappa shape index (κ3) is 2.93.